The van der Waals surface area contributed by atoms with E-state index in [2.05, 4.69) is 18.5 Å². The summed E-state index contributed by atoms with van der Waals surface area (Å²) >= 11 is 0. The molecule has 0 aliphatic heterocycles. The molecule has 1 amide bonds. The first-order valence-corrected chi connectivity index (χ1v) is 8.61. The molecule has 1 atom stereocenters. The standard InChI is InChI=1S/C19H20F2N4O4/c1-4-8-23-17(27)24(9-5-2)19(29)25(18(23)28)11-16(26)22-12(3)14-7-6-13(20)10-15(14)21/h4-7,10,12H,1-2,8-9,11H2,3H3,(H,22,26). The van der Waals surface area contributed by atoms with Crippen LogP contribution in [0.15, 0.2) is 57.9 Å². The van der Waals surface area contributed by atoms with E-state index in [9.17, 15) is 28.0 Å². The van der Waals surface area contributed by atoms with Gasteiger partial charge in [0.05, 0.1) is 19.1 Å². The molecule has 29 heavy (non-hydrogen) atoms. The summed E-state index contributed by atoms with van der Waals surface area (Å²) in [7, 11) is 0. The first kappa shape index (κ1) is 21.7. The van der Waals surface area contributed by atoms with Crippen molar-refractivity contribution in [2.24, 2.45) is 0 Å². The summed E-state index contributed by atoms with van der Waals surface area (Å²) in [6, 6.07) is 2.06. The fourth-order valence-electron chi connectivity index (χ4n) is 2.75. The first-order chi connectivity index (χ1) is 13.7. The molecule has 1 unspecified atom stereocenters. The van der Waals surface area contributed by atoms with Gasteiger partial charge in [-0.3, -0.25) is 4.79 Å². The van der Waals surface area contributed by atoms with E-state index in [0.717, 1.165) is 15.2 Å². The number of halogens is 2. The monoisotopic (exact) mass is 406 g/mol. The Bertz CT molecular complexity index is 1080. The minimum Gasteiger partial charge on any atom is -0.348 e. The summed E-state index contributed by atoms with van der Waals surface area (Å²) in [6.45, 7) is 7.37. The topological polar surface area (TPSA) is 95.1 Å². The minimum absolute atomic E-state index is 0.0350. The van der Waals surface area contributed by atoms with Crippen molar-refractivity contribution in [3.63, 3.8) is 0 Å². The van der Waals surface area contributed by atoms with Crippen molar-refractivity contribution in [3.8, 4) is 0 Å². The van der Waals surface area contributed by atoms with E-state index in [1.807, 2.05) is 0 Å². The number of nitrogens with one attached hydrogen (secondary N) is 1. The number of rotatable bonds is 8. The third-order valence-corrected chi connectivity index (χ3v) is 4.12. The molecule has 154 valence electrons. The second-order valence-electron chi connectivity index (χ2n) is 6.19. The van der Waals surface area contributed by atoms with Crippen molar-refractivity contribution in [1.29, 1.82) is 0 Å². The largest absolute Gasteiger partial charge is 0.348 e. The quantitative estimate of drug-likeness (QED) is 0.653. The lowest BCUT2D eigenvalue weighted by Gasteiger charge is -2.16. The highest BCUT2D eigenvalue weighted by Gasteiger charge is 2.19. The highest BCUT2D eigenvalue weighted by molar-refractivity contribution is 5.76. The van der Waals surface area contributed by atoms with Crippen LogP contribution < -0.4 is 22.4 Å². The molecule has 1 N–H and O–H groups in total. The van der Waals surface area contributed by atoms with Gasteiger partial charge in [-0.05, 0) is 13.0 Å². The van der Waals surface area contributed by atoms with Crippen molar-refractivity contribution < 1.29 is 13.6 Å². The van der Waals surface area contributed by atoms with Crippen LogP contribution in [0, 0.1) is 11.6 Å². The number of nitrogens with zero attached hydrogens (tertiary/aromatic N) is 3. The van der Waals surface area contributed by atoms with Crippen molar-refractivity contribution >= 4 is 5.91 Å². The molecule has 0 aliphatic rings. The van der Waals surface area contributed by atoms with Gasteiger partial charge in [0, 0.05) is 11.6 Å². The molecule has 1 aromatic carbocycles. The molecular weight excluding hydrogens is 386 g/mol. The fourth-order valence-corrected chi connectivity index (χ4v) is 2.75. The molecular formula is C19H20F2N4O4. The van der Waals surface area contributed by atoms with Crippen LogP contribution in [-0.4, -0.2) is 19.6 Å². The SMILES string of the molecule is C=CCn1c(=O)n(CC=C)c(=O)n(CC(=O)NC(C)c2ccc(F)cc2F)c1=O. The zero-order valence-electron chi connectivity index (χ0n) is 15.7. The van der Waals surface area contributed by atoms with Gasteiger partial charge in [-0.25, -0.2) is 36.9 Å². The molecule has 8 nitrogen and oxygen atoms in total. The maximum Gasteiger partial charge on any atom is 0.337 e. The van der Waals surface area contributed by atoms with Crippen LogP contribution in [0.2, 0.25) is 0 Å². The molecule has 2 rings (SSSR count). The average molecular weight is 406 g/mol. The Morgan fingerprint density at radius 1 is 1.03 bits per heavy atom. The smallest absolute Gasteiger partial charge is 0.337 e. The summed E-state index contributed by atoms with van der Waals surface area (Å²) in [5, 5.41) is 2.44. The average Bonchev–Trinajstić information content (AvgIpc) is 2.65. The maximum atomic E-state index is 13.9. The predicted octanol–water partition coefficient (Wildman–Crippen LogP) is 0.699. The van der Waals surface area contributed by atoms with Crippen LogP contribution in [-0.2, 0) is 24.4 Å². The zero-order chi connectivity index (χ0) is 21.7. The van der Waals surface area contributed by atoms with E-state index in [1.54, 1.807) is 0 Å². The lowest BCUT2D eigenvalue weighted by molar-refractivity contribution is -0.122. The molecule has 10 heteroatoms. The van der Waals surface area contributed by atoms with Gasteiger partial charge in [-0.15, -0.1) is 13.2 Å². The van der Waals surface area contributed by atoms with Gasteiger partial charge in [0.25, 0.3) is 0 Å². The second-order valence-corrected chi connectivity index (χ2v) is 6.19. The molecule has 1 heterocycles. The van der Waals surface area contributed by atoms with Crippen LogP contribution in [0.5, 0.6) is 0 Å². The number of amides is 1. The van der Waals surface area contributed by atoms with Gasteiger partial charge in [-0.1, -0.05) is 18.2 Å². The van der Waals surface area contributed by atoms with Gasteiger partial charge < -0.3 is 5.32 Å². The Labute approximate surface area is 164 Å². The molecule has 0 saturated heterocycles. The normalized spacial score (nSPS) is 11.7. The van der Waals surface area contributed by atoms with E-state index >= 15 is 0 Å². The van der Waals surface area contributed by atoms with E-state index in [4.69, 9.17) is 0 Å². The molecule has 0 fully saturated rings. The number of benzene rings is 1. The van der Waals surface area contributed by atoms with Gasteiger partial charge in [0.1, 0.15) is 18.2 Å². The Balaban J connectivity index is 2.37. The summed E-state index contributed by atoms with van der Waals surface area (Å²) in [5.41, 5.74) is -2.77. The van der Waals surface area contributed by atoms with Crippen LogP contribution in [0.1, 0.15) is 18.5 Å². The zero-order valence-corrected chi connectivity index (χ0v) is 15.7. The Morgan fingerprint density at radius 2 is 1.55 bits per heavy atom. The van der Waals surface area contributed by atoms with Crippen molar-refractivity contribution in [2.75, 3.05) is 0 Å². The number of carbonyl (C=O) groups excluding carboxylic acids is 1. The molecule has 2 aromatic rings. The van der Waals surface area contributed by atoms with E-state index in [1.165, 1.54) is 25.1 Å². The summed E-state index contributed by atoms with van der Waals surface area (Å²) in [6.07, 6.45) is 2.60. The molecule has 0 bridgehead atoms. The second kappa shape index (κ2) is 9.09. The lowest BCUT2D eigenvalue weighted by Crippen LogP contribution is -2.55. The van der Waals surface area contributed by atoms with Crippen LogP contribution in [0.3, 0.4) is 0 Å². The van der Waals surface area contributed by atoms with Gasteiger partial charge in [0.2, 0.25) is 5.91 Å². The number of hydrogen-bond acceptors (Lipinski definition) is 4. The van der Waals surface area contributed by atoms with E-state index in [-0.39, 0.29) is 18.7 Å². The summed E-state index contributed by atoms with van der Waals surface area (Å²) < 4.78 is 29.0. The van der Waals surface area contributed by atoms with Gasteiger partial charge >= 0.3 is 17.1 Å². The Kier molecular flexibility index (Phi) is 6.81. The molecule has 0 radical (unpaired) electrons. The van der Waals surface area contributed by atoms with Gasteiger partial charge in [0.15, 0.2) is 0 Å². The molecule has 0 spiro atoms. The summed E-state index contributed by atoms with van der Waals surface area (Å²) in [5.74, 6) is -2.37. The predicted molar refractivity (Wildman–Crippen MR) is 103 cm³/mol. The van der Waals surface area contributed by atoms with Crippen molar-refractivity contribution in [3.05, 3.63) is 92.2 Å². The third kappa shape index (κ3) is 4.65. The first-order valence-electron chi connectivity index (χ1n) is 8.61. The van der Waals surface area contributed by atoms with Crippen molar-refractivity contribution in [2.45, 2.75) is 32.6 Å². The fraction of sp³-hybridized carbons (Fsp3) is 0.263. The van der Waals surface area contributed by atoms with Crippen LogP contribution in [0.25, 0.3) is 0 Å². The lowest BCUT2D eigenvalue weighted by atomic mass is 10.1. The van der Waals surface area contributed by atoms with Gasteiger partial charge in [-0.2, -0.15) is 0 Å². The third-order valence-electron chi connectivity index (χ3n) is 4.12. The maximum absolute atomic E-state index is 13.9. The minimum atomic E-state index is -0.976. The van der Waals surface area contributed by atoms with E-state index < -0.39 is 47.2 Å². The number of aromatic nitrogens is 3. The van der Waals surface area contributed by atoms with E-state index in [0.29, 0.717) is 10.6 Å². The Morgan fingerprint density at radius 3 is 2.03 bits per heavy atom. The van der Waals surface area contributed by atoms with Crippen molar-refractivity contribution in [1.82, 2.24) is 19.0 Å². The number of allylic oxidation sites excluding steroid dienone is 2. The Hall–Kier alpha value is -3.56. The highest BCUT2D eigenvalue weighted by atomic mass is 19.1. The molecule has 0 aliphatic carbocycles. The van der Waals surface area contributed by atoms with Crippen LogP contribution in [0.4, 0.5) is 8.78 Å². The van der Waals surface area contributed by atoms with Crippen LogP contribution >= 0.6 is 0 Å². The highest BCUT2D eigenvalue weighted by Crippen LogP contribution is 2.17. The molecule has 0 saturated carbocycles. The number of hydrogen-bond donors (Lipinski definition) is 1. The summed E-state index contributed by atoms with van der Waals surface area (Å²) in [4.78, 5) is 49.7. The molecule has 1 aromatic heterocycles. The number of carbonyl (C=O) groups is 1.